The van der Waals surface area contributed by atoms with Gasteiger partial charge in [0.1, 0.15) is 5.69 Å². The van der Waals surface area contributed by atoms with Crippen LogP contribution in [0.1, 0.15) is 27.8 Å². The summed E-state index contributed by atoms with van der Waals surface area (Å²) >= 11 is 0. The lowest BCUT2D eigenvalue weighted by Gasteiger charge is -2.34. The van der Waals surface area contributed by atoms with Gasteiger partial charge in [-0.1, -0.05) is 0 Å². The highest BCUT2D eigenvalue weighted by Gasteiger charge is 2.23. The lowest BCUT2D eigenvalue weighted by Crippen LogP contribution is -2.50. The molecule has 0 aromatic carbocycles. The molecule has 1 aromatic rings. The van der Waals surface area contributed by atoms with Gasteiger partial charge in [-0.15, -0.1) is 0 Å². The van der Waals surface area contributed by atoms with E-state index in [4.69, 9.17) is 5.73 Å². The Hall–Kier alpha value is -2.44. The summed E-state index contributed by atoms with van der Waals surface area (Å²) in [6, 6.07) is 2.97. The van der Waals surface area contributed by atoms with Crippen LogP contribution in [0, 0.1) is 0 Å². The maximum absolute atomic E-state index is 12.2. The maximum atomic E-state index is 12.2. The molecule has 1 aliphatic rings. The van der Waals surface area contributed by atoms with E-state index >= 15 is 0 Å². The van der Waals surface area contributed by atoms with Crippen LogP contribution in [0.25, 0.3) is 0 Å². The van der Waals surface area contributed by atoms with Gasteiger partial charge in [0.25, 0.3) is 11.8 Å². The Kier molecular flexibility index (Phi) is 3.97. The zero-order valence-corrected chi connectivity index (χ0v) is 11.2. The van der Waals surface area contributed by atoms with Crippen molar-refractivity contribution in [3.05, 3.63) is 29.6 Å². The molecule has 20 heavy (non-hydrogen) atoms. The largest absolute Gasteiger partial charge is 0.364 e. The highest BCUT2D eigenvalue weighted by molar-refractivity contribution is 5.95. The Morgan fingerprint density at radius 3 is 2.15 bits per heavy atom. The molecule has 7 heteroatoms. The Morgan fingerprint density at radius 1 is 1.10 bits per heavy atom. The second-order valence-corrected chi connectivity index (χ2v) is 4.59. The van der Waals surface area contributed by atoms with Crippen LogP contribution in [-0.4, -0.2) is 58.7 Å². The summed E-state index contributed by atoms with van der Waals surface area (Å²) in [7, 11) is 0. The van der Waals surface area contributed by atoms with Crippen molar-refractivity contribution in [2.24, 2.45) is 5.73 Å². The van der Waals surface area contributed by atoms with Crippen molar-refractivity contribution < 1.29 is 14.4 Å². The number of pyridine rings is 1. The van der Waals surface area contributed by atoms with Gasteiger partial charge in [-0.25, -0.2) is 0 Å². The lowest BCUT2D eigenvalue weighted by molar-refractivity contribution is -0.130. The van der Waals surface area contributed by atoms with Crippen molar-refractivity contribution in [1.82, 2.24) is 14.8 Å². The molecule has 2 heterocycles. The first kappa shape index (κ1) is 14.0. The molecule has 3 amide bonds. The second kappa shape index (κ2) is 5.68. The van der Waals surface area contributed by atoms with Crippen molar-refractivity contribution in [1.29, 1.82) is 0 Å². The molecule has 1 fully saturated rings. The molecule has 106 valence electrons. The second-order valence-electron chi connectivity index (χ2n) is 4.59. The summed E-state index contributed by atoms with van der Waals surface area (Å²) in [6.45, 7) is 3.58. The Bertz CT molecular complexity index is 533. The van der Waals surface area contributed by atoms with Crippen LogP contribution in [0.5, 0.6) is 0 Å². The predicted molar refractivity (Wildman–Crippen MR) is 70.9 cm³/mol. The molecule has 0 atom stereocenters. The Labute approximate surface area is 116 Å². The summed E-state index contributed by atoms with van der Waals surface area (Å²) in [5.41, 5.74) is 5.63. The van der Waals surface area contributed by atoms with Crippen molar-refractivity contribution in [2.45, 2.75) is 6.92 Å². The van der Waals surface area contributed by atoms with E-state index in [9.17, 15) is 14.4 Å². The summed E-state index contributed by atoms with van der Waals surface area (Å²) < 4.78 is 0. The average molecular weight is 276 g/mol. The molecular formula is C13H16N4O3. The molecule has 0 bridgehead atoms. The van der Waals surface area contributed by atoms with Crippen LogP contribution < -0.4 is 5.73 Å². The predicted octanol–water partition coefficient (Wildman–Crippen LogP) is -0.515. The van der Waals surface area contributed by atoms with E-state index in [1.165, 1.54) is 25.3 Å². The molecule has 1 aliphatic heterocycles. The van der Waals surface area contributed by atoms with Crippen LogP contribution in [-0.2, 0) is 4.79 Å². The minimum Gasteiger partial charge on any atom is -0.364 e. The molecule has 0 saturated carbocycles. The molecule has 0 spiro atoms. The molecule has 0 radical (unpaired) electrons. The van der Waals surface area contributed by atoms with E-state index in [0.717, 1.165) is 0 Å². The van der Waals surface area contributed by atoms with Crippen LogP contribution in [0.4, 0.5) is 0 Å². The van der Waals surface area contributed by atoms with Crippen LogP contribution in [0.3, 0.4) is 0 Å². The number of rotatable bonds is 2. The zero-order chi connectivity index (χ0) is 14.7. The van der Waals surface area contributed by atoms with Gasteiger partial charge in [-0.05, 0) is 12.1 Å². The van der Waals surface area contributed by atoms with Gasteiger partial charge in [0.2, 0.25) is 5.91 Å². The minimum absolute atomic E-state index is 0.0181. The summed E-state index contributed by atoms with van der Waals surface area (Å²) in [4.78, 5) is 41.6. The lowest BCUT2D eigenvalue weighted by atomic mass is 10.2. The molecule has 7 nitrogen and oxygen atoms in total. The number of primary amides is 1. The number of aromatic nitrogens is 1. The number of carbonyl (C=O) groups excluding carboxylic acids is 3. The quantitative estimate of drug-likeness (QED) is 0.786. The van der Waals surface area contributed by atoms with E-state index in [0.29, 0.717) is 31.7 Å². The van der Waals surface area contributed by atoms with Gasteiger partial charge in [0.05, 0.1) is 5.56 Å². The van der Waals surface area contributed by atoms with E-state index in [-0.39, 0.29) is 17.5 Å². The van der Waals surface area contributed by atoms with E-state index in [1.807, 2.05) is 0 Å². The first-order valence-corrected chi connectivity index (χ1v) is 6.29. The summed E-state index contributed by atoms with van der Waals surface area (Å²) in [5.74, 6) is -0.764. The molecule has 0 unspecified atom stereocenters. The SMILES string of the molecule is CC(=O)N1CCN(C(=O)c2ccc(C(N)=O)nc2)CC1. The third-order valence-corrected chi connectivity index (χ3v) is 3.28. The van der Waals surface area contributed by atoms with Gasteiger partial charge >= 0.3 is 0 Å². The van der Waals surface area contributed by atoms with Crippen molar-refractivity contribution in [3.8, 4) is 0 Å². The number of hydrogen-bond acceptors (Lipinski definition) is 4. The van der Waals surface area contributed by atoms with Crippen molar-refractivity contribution in [3.63, 3.8) is 0 Å². The third kappa shape index (κ3) is 2.93. The van der Waals surface area contributed by atoms with Crippen molar-refractivity contribution in [2.75, 3.05) is 26.2 Å². The van der Waals surface area contributed by atoms with Gasteiger partial charge in [0, 0.05) is 39.3 Å². The number of amides is 3. The van der Waals surface area contributed by atoms with Crippen LogP contribution in [0.15, 0.2) is 18.3 Å². The van der Waals surface area contributed by atoms with E-state index in [2.05, 4.69) is 4.98 Å². The fourth-order valence-corrected chi connectivity index (χ4v) is 2.07. The highest BCUT2D eigenvalue weighted by Crippen LogP contribution is 2.09. The smallest absolute Gasteiger partial charge is 0.267 e. The van der Waals surface area contributed by atoms with E-state index < -0.39 is 5.91 Å². The number of nitrogens with zero attached hydrogens (tertiary/aromatic N) is 3. The number of hydrogen-bond donors (Lipinski definition) is 1. The number of piperazine rings is 1. The third-order valence-electron chi connectivity index (χ3n) is 3.28. The Balaban J connectivity index is 2.01. The normalized spacial score (nSPS) is 15.1. The number of carbonyl (C=O) groups is 3. The van der Waals surface area contributed by atoms with Gasteiger partial charge in [0.15, 0.2) is 0 Å². The molecule has 0 aliphatic carbocycles. The van der Waals surface area contributed by atoms with Gasteiger partial charge in [-0.3, -0.25) is 19.4 Å². The maximum Gasteiger partial charge on any atom is 0.267 e. The average Bonchev–Trinajstić information content (AvgIpc) is 2.46. The Morgan fingerprint density at radius 2 is 1.70 bits per heavy atom. The molecular weight excluding hydrogens is 260 g/mol. The van der Waals surface area contributed by atoms with E-state index in [1.54, 1.807) is 9.80 Å². The fourth-order valence-electron chi connectivity index (χ4n) is 2.07. The summed E-state index contributed by atoms with van der Waals surface area (Å²) in [5, 5.41) is 0. The molecule has 2 N–H and O–H groups in total. The summed E-state index contributed by atoms with van der Waals surface area (Å²) in [6.07, 6.45) is 1.35. The van der Waals surface area contributed by atoms with Crippen molar-refractivity contribution >= 4 is 17.7 Å². The fraction of sp³-hybridized carbons (Fsp3) is 0.385. The molecule has 1 saturated heterocycles. The van der Waals surface area contributed by atoms with Crippen LogP contribution >= 0.6 is 0 Å². The first-order valence-electron chi connectivity index (χ1n) is 6.29. The topological polar surface area (TPSA) is 96.6 Å². The number of nitrogens with two attached hydrogens (primary N) is 1. The zero-order valence-electron chi connectivity index (χ0n) is 11.2. The standard InChI is InChI=1S/C13H16N4O3/c1-9(18)16-4-6-17(7-5-16)13(20)10-2-3-11(12(14)19)15-8-10/h2-3,8H,4-7H2,1H3,(H2,14,19). The minimum atomic E-state index is -0.626. The first-order chi connectivity index (χ1) is 9.49. The van der Waals surface area contributed by atoms with Gasteiger partial charge < -0.3 is 15.5 Å². The highest BCUT2D eigenvalue weighted by atomic mass is 16.2. The molecule has 2 rings (SSSR count). The van der Waals surface area contributed by atoms with Gasteiger partial charge in [-0.2, -0.15) is 0 Å². The molecule has 1 aromatic heterocycles. The monoisotopic (exact) mass is 276 g/mol. The van der Waals surface area contributed by atoms with Crippen LogP contribution in [0.2, 0.25) is 0 Å².